The Kier molecular flexibility index (Phi) is 5.03. The Labute approximate surface area is 172 Å². The summed E-state index contributed by atoms with van der Waals surface area (Å²) in [5, 5.41) is 14.6. The fourth-order valence-corrected chi connectivity index (χ4v) is 4.50. The zero-order valence-corrected chi connectivity index (χ0v) is 17.0. The van der Waals surface area contributed by atoms with Gasteiger partial charge >= 0.3 is 0 Å². The Bertz CT molecular complexity index is 1130. The van der Waals surface area contributed by atoms with E-state index in [4.69, 9.17) is 5.26 Å². The van der Waals surface area contributed by atoms with Crippen LogP contribution >= 0.6 is 11.3 Å². The molecular weight excluding hydrogens is 384 g/mol. The lowest BCUT2D eigenvalue weighted by Crippen LogP contribution is -2.27. The largest absolute Gasteiger partial charge is 0.354 e. The first-order valence-corrected chi connectivity index (χ1v) is 10.4. The van der Waals surface area contributed by atoms with E-state index in [1.54, 1.807) is 12.1 Å². The number of Topliss-reactive ketones (excluding diaryl/α,β-unsaturated/α-hetero) is 1. The Hall–Kier alpha value is -3.24. The number of rotatable bonds is 4. The second-order valence-electron chi connectivity index (χ2n) is 7.21. The lowest BCUT2D eigenvalue weighted by Gasteiger charge is -2.11. The highest BCUT2D eigenvalue weighted by Gasteiger charge is 2.27. The molecule has 0 spiro atoms. The summed E-state index contributed by atoms with van der Waals surface area (Å²) in [5.74, 6) is -0.119. The first kappa shape index (κ1) is 19.1. The summed E-state index contributed by atoms with van der Waals surface area (Å²) in [4.78, 5) is 32.8. The molecule has 0 fully saturated rings. The first-order chi connectivity index (χ1) is 14.0. The van der Waals surface area contributed by atoms with Crippen LogP contribution in [-0.2, 0) is 6.42 Å². The van der Waals surface area contributed by atoms with Crippen molar-refractivity contribution in [1.29, 1.82) is 5.26 Å². The molecule has 29 heavy (non-hydrogen) atoms. The Morgan fingerprint density at radius 3 is 2.76 bits per heavy atom. The van der Waals surface area contributed by atoms with E-state index in [1.165, 1.54) is 11.3 Å². The van der Waals surface area contributed by atoms with Crippen LogP contribution < -0.4 is 5.32 Å². The number of amides is 1. The van der Waals surface area contributed by atoms with E-state index in [2.05, 4.69) is 21.4 Å². The third-order valence-electron chi connectivity index (χ3n) is 5.21. The number of carbonyl (C=O) groups excluding carboxylic acids is 2. The molecule has 1 unspecified atom stereocenters. The third kappa shape index (κ3) is 3.59. The summed E-state index contributed by atoms with van der Waals surface area (Å²) in [6, 6.07) is 9.09. The molecule has 1 amide bonds. The summed E-state index contributed by atoms with van der Waals surface area (Å²) < 4.78 is 0. The number of nitrogens with one attached hydrogen (secondary N) is 2. The second kappa shape index (κ2) is 7.64. The molecule has 0 saturated carbocycles. The van der Waals surface area contributed by atoms with Gasteiger partial charge in [0.15, 0.2) is 5.78 Å². The molecule has 2 aromatic heterocycles. The highest BCUT2D eigenvalue weighted by Crippen LogP contribution is 2.28. The van der Waals surface area contributed by atoms with E-state index in [1.807, 2.05) is 31.4 Å². The SMILES string of the molecule is Cc1c(C(=O)NC(C)c2nc(-c3ccc(C#N)cc3)cs2)[nH]c2c1C(=O)CCC2. The first-order valence-electron chi connectivity index (χ1n) is 9.49. The molecule has 0 aliphatic heterocycles. The summed E-state index contributed by atoms with van der Waals surface area (Å²) in [5.41, 5.74) is 5.09. The van der Waals surface area contributed by atoms with Gasteiger partial charge < -0.3 is 10.3 Å². The minimum absolute atomic E-state index is 0.110. The minimum atomic E-state index is -0.268. The number of nitrogens with zero attached hydrogens (tertiary/aromatic N) is 2. The van der Waals surface area contributed by atoms with Gasteiger partial charge in [0.1, 0.15) is 10.7 Å². The van der Waals surface area contributed by atoms with Crippen LogP contribution in [0.25, 0.3) is 11.3 Å². The van der Waals surface area contributed by atoms with E-state index >= 15 is 0 Å². The van der Waals surface area contributed by atoms with Gasteiger partial charge in [-0.05, 0) is 44.4 Å². The number of aromatic amines is 1. The highest BCUT2D eigenvalue weighted by atomic mass is 32.1. The molecule has 0 bridgehead atoms. The van der Waals surface area contributed by atoms with Gasteiger partial charge in [-0.3, -0.25) is 9.59 Å². The molecule has 146 valence electrons. The van der Waals surface area contributed by atoms with E-state index in [0.717, 1.165) is 40.4 Å². The van der Waals surface area contributed by atoms with Crippen LogP contribution in [0.15, 0.2) is 29.6 Å². The monoisotopic (exact) mass is 404 g/mol. The van der Waals surface area contributed by atoms with Gasteiger partial charge in [0.2, 0.25) is 0 Å². The average Bonchev–Trinajstić information content (AvgIpc) is 3.34. The maximum atomic E-state index is 12.8. The number of fused-ring (bicyclic) bond motifs is 1. The topological polar surface area (TPSA) is 98.6 Å². The van der Waals surface area contributed by atoms with Crippen molar-refractivity contribution in [1.82, 2.24) is 15.3 Å². The van der Waals surface area contributed by atoms with Crippen molar-refractivity contribution < 1.29 is 9.59 Å². The smallest absolute Gasteiger partial charge is 0.268 e. The highest BCUT2D eigenvalue weighted by molar-refractivity contribution is 7.10. The lowest BCUT2D eigenvalue weighted by molar-refractivity contribution is 0.0934. The molecule has 6 nitrogen and oxygen atoms in total. The molecule has 1 aliphatic carbocycles. The molecule has 1 aromatic carbocycles. The summed E-state index contributed by atoms with van der Waals surface area (Å²) in [6.07, 6.45) is 2.16. The molecule has 2 heterocycles. The number of H-pyrrole nitrogens is 1. The van der Waals surface area contributed by atoms with Crippen molar-refractivity contribution in [2.45, 2.75) is 39.2 Å². The molecule has 4 rings (SSSR count). The van der Waals surface area contributed by atoms with Crippen molar-refractivity contribution in [2.24, 2.45) is 0 Å². The van der Waals surface area contributed by atoms with Crippen molar-refractivity contribution in [3.8, 4) is 17.3 Å². The summed E-state index contributed by atoms with van der Waals surface area (Å²) in [7, 11) is 0. The fourth-order valence-electron chi connectivity index (χ4n) is 3.67. The van der Waals surface area contributed by atoms with Gasteiger partial charge in [-0.2, -0.15) is 5.26 Å². The van der Waals surface area contributed by atoms with Gasteiger partial charge in [-0.25, -0.2) is 4.98 Å². The van der Waals surface area contributed by atoms with E-state index in [0.29, 0.717) is 23.2 Å². The van der Waals surface area contributed by atoms with Crippen molar-refractivity contribution in [2.75, 3.05) is 0 Å². The van der Waals surface area contributed by atoms with Gasteiger partial charge in [-0.15, -0.1) is 11.3 Å². The standard InChI is InChI=1S/C22H20N4O2S/c1-12-19-16(4-3-5-18(19)27)25-20(12)21(28)24-13(2)22-26-17(11-29-22)15-8-6-14(10-23)7-9-15/h6-9,11,13,25H,3-5H2,1-2H3,(H,24,28). The zero-order valence-electron chi connectivity index (χ0n) is 16.2. The van der Waals surface area contributed by atoms with Gasteiger partial charge in [0, 0.05) is 28.6 Å². The third-order valence-corrected chi connectivity index (χ3v) is 6.24. The number of thiazole rings is 1. The van der Waals surface area contributed by atoms with Crippen LogP contribution in [0.1, 0.15) is 68.5 Å². The maximum absolute atomic E-state index is 12.8. The summed E-state index contributed by atoms with van der Waals surface area (Å²) in [6.45, 7) is 3.72. The minimum Gasteiger partial charge on any atom is -0.354 e. The average molecular weight is 404 g/mol. The maximum Gasteiger partial charge on any atom is 0.268 e. The van der Waals surface area contributed by atoms with Crippen LogP contribution in [0.2, 0.25) is 0 Å². The molecule has 0 radical (unpaired) electrons. The van der Waals surface area contributed by atoms with E-state index < -0.39 is 0 Å². The Balaban J connectivity index is 1.51. The van der Waals surface area contributed by atoms with Crippen LogP contribution in [0.3, 0.4) is 0 Å². The Morgan fingerprint density at radius 2 is 2.07 bits per heavy atom. The molecular formula is C22H20N4O2S. The Morgan fingerprint density at radius 1 is 1.31 bits per heavy atom. The van der Waals surface area contributed by atoms with Crippen molar-refractivity contribution in [3.05, 3.63) is 62.7 Å². The second-order valence-corrected chi connectivity index (χ2v) is 8.10. The number of carbonyl (C=O) groups is 2. The van der Waals surface area contributed by atoms with Crippen molar-refractivity contribution >= 4 is 23.0 Å². The predicted octanol–water partition coefficient (Wildman–Crippen LogP) is 4.33. The number of aryl methyl sites for hydroxylation is 1. The fraction of sp³-hybridized carbons (Fsp3) is 0.273. The number of nitriles is 1. The predicted molar refractivity (Wildman–Crippen MR) is 111 cm³/mol. The molecule has 0 saturated heterocycles. The molecule has 7 heteroatoms. The van der Waals surface area contributed by atoms with Crippen LogP contribution in [-0.4, -0.2) is 21.7 Å². The van der Waals surface area contributed by atoms with Gasteiger partial charge in [-0.1, -0.05) is 12.1 Å². The zero-order chi connectivity index (χ0) is 20.5. The molecule has 1 atom stereocenters. The van der Waals surface area contributed by atoms with E-state index in [-0.39, 0.29) is 17.7 Å². The number of ketones is 1. The van der Waals surface area contributed by atoms with Gasteiger partial charge in [0.05, 0.1) is 23.4 Å². The van der Waals surface area contributed by atoms with Crippen molar-refractivity contribution in [3.63, 3.8) is 0 Å². The number of hydrogen-bond acceptors (Lipinski definition) is 5. The number of benzene rings is 1. The quantitative estimate of drug-likeness (QED) is 0.676. The molecule has 3 aromatic rings. The van der Waals surface area contributed by atoms with E-state index in [9.17, 15) is 9.59 Å². The van der Waals surface area contributed by atoms with Crippen LogP contribution in [0.4, 0.5) is 0 Å². The normalized spacial score (nSPS) is 14.2. The summed E-state index contributed by atoms with van der Waals surface area (Å²) >= 11 is 1.48. The number of aromatic nitrogens is 2. The lowest BCUT2D eigenvalue weighted by atomic mass is 9.94. The molecule has 2 N–H and O–H groups in total. The van der Waals surface area contributed by atoms with Crippen LogP contribution in [0, 0.1) is 18.3 Å². The number of hydrogen-bond donors (Lipinski definition) is 2. The molecule has 1 aliphatic rings. The van der Waals surface area contributed by atoms with Gasteiger partial charge in [0.25, 0.3) is 5.91 Å². The van der Waals surface area contributed by atoms with Crippen LogP contribution in [0.5, 0.6) is 0 Å².